The minimum atomic E-state index is -1.88. The second-order valence-corrected chi connectivity index (χ2v) is 15.2. The van der Waals surface area contributed by atoms with Gasteiger partial charge in [-0.3, -0.25) is 0 Å². The van der Waals surface area contributed by atoms with Gasteiger partial charge >= 0.3 is 8.56 Å². The van der Waals surface area contributed by atoms with Crippen LogP contribution in [0.1, 0.15) is 13.8 Å². The third-order valence-electron chi connectivity index (χ3n) is 2.26. The van der Waals surface area contributed by atoms with Crippen LogP contribution in [0.3, 0.4) is 0 Å². The van der Waals surface area contributed by atoms with Gasteiger partial charge in [-0.2, -0.15) is 0 Å². The van der Waals surface area contributed by atoms with Crippen LogP contribution in [0.25, 0.3) is 0 Å². The summed E-state index contributed by atoms with van der Waals surface area (Å²) in [5.74, 6) is 0.665. The van der Waals surface area contributed by atoms with E-state index in [0.717, 1.165) is 6.04 Å². The van der Waals surface area contributed by atoms with Gasteiger partial charge in [0.05, 0.1) is 0 Å². The summed E-state index contributed by atoms with van der Waals surface area (Å²) in [7, 11) is 0.666. The Morgan fingerprint density at radius 3 is 1.64 bits per heavy atom. The molecule has 0 spiro atoms. The average Bonchev–Trinajstić information content (AvgIpc) is 1.99. The Labute approximate surface area is 91.3 Å². The molecule has 0 atom stereocenters. The third kappa shape index (κ3) is 5.29. The van der Waals surface area contributed by atoms with E-state index >= 15 is 0 Å². The van der Waals surface area contributed by atoms with Crippen molar-refractivity contribution in [3.8, 4) is 0 Å². The van der Waals surface area contributed by atoms with Crippen LogP contribution in [-0.4, -0.2) is 30.9 Å². The highest BCUT2D eigenvalue weighted by Crippen LogP contribution is 2.27. The Hall–Kier alpha value is 0.354. The second-order valence-electron chi connectivity index (χ2n) is 5.65. The highest BCUT2D eigenvalue weighted by Gasteiger charge is 2.40. The Kier molecular flexibility index (Phi) is 5.58. The fourth-order valence-corrected chi connectivity index (χ4v) is 11.8. The highest BCUT2D eigenvalue weighted by atomic mass is 28.4. The van der Waals surface area contributed by atoms with Gasteiger partial charge in [0.15, 0.2) is 0 Å². The van der Waals surface area contributed by atoms with Crippen molar-refractivity contribution >= 4 is 16.6 Å². The molecule has 86 valence electrons. The van der Waals surface area contributed by atoms with E-state index in [0.29, 0.717) is 5.92 Å². The number of hydrogen-bond acceptors (Lipinski definition) is 2. The lowest BCUT2D eigenvalue weighted by Crippen LogP contribution is -2.47. The molecular weight excluding hydrogens is 208 g/mol. The summed E-state index contributed by atoms with van der Waals surface area (Å²) in [5, 5.41) is 0. The maximum atomic E-state index is 5.73. The summed E-state index contributed by atoms with van der Waals surface area (Å²) < 4.78 is 11.5. The first-order valence-electron chi connectivity index (χ1n) is 5.35. The monoisotopic (exact) mass is 234 g/mol. The average molecular weight is 234 g/mol. The molecule has 0 aliphatic heterocycles. The van der Waals surface area contributed by atoms with Crippen LogP contribution < -0.4 is 0 Å². The minimum Gasteiger partial charge on any atom is -0.398 e. The molecule has 0 aliphatic carbocycles. The molecule has 0 unspecified atom stereocenters. The van der Waals surface area contributed by atoms with Crippen molar-refractivity contribution in [3.63, 3.8) is 0 Å². The van der Waals surface area contributed by atoms with Crippen LogP contribution in [0, 0.1) is 5.92 Å². The van der Waals surface area contributed by atoms with Crippen LogP contribution in [0.4, 0.5) is 0 Å². The number of rotatable bonds is 6. The van der Waals surface area contributed by atoms with E-state index in [2.05, 4.69) is 33.5 Å². The molecule has 0 aliphatic rings. The topological polar surface area (TPSA) is 18.5 Å². The summed E-state index contributed by atoms with van der Waals surface area (Å²) in [4.78, 5) is 0. The number of hydrogen-bond donors (Lipinski definition) is 0. The Morgan fingerprint density at radius 1 is 1.00 bits per heavy atom. The molecule has 14 heavy (non-hydrogen) atoms. The fourth-order valence-electron chi connectivity index (χ4n) is 1.90. The summed E-state index contributed by atoms with van der Waals surface area (Å²) >= 11 is 0. The van der Waals surface area contributed by atoms with E-state index in [1.54, 1.807) is 0 Å². The molecule has 0 radical (unpaired) electrons. The van der Waals surface area contributed by atoms with Gasteiger partial charge in [0.25, 0.3) is 0 Å². The van der Waals surface area contributed by atoms with Crippen molar-refractivity contribution in [1.82, 2.24) is 0 Å². The molecule has 0 fully saturated rings. The molecule has 0 rings (SSSR count). The quantitative estimate of drug-likeness (QED) is 0.657. The van der Waals surface area contributed by atoms with Gasteiger partial charge in [0, 0.05) is 22.3 Å². The van der Waals surface area contributed by atoms with E-state index in [9.17, 15) is 0 Å². The van der Waals surface area contributed by atoms with Gasteiger partial charge in [-0.25, -0.2) is 0 Å². The molecule has 0 heterocycles. The molecule has 0 saturated heterocycles. The van der Waals surface area contributed by atoms with Gasteiger partial charge in [-0.05, 0) is 17.6 Å². The largest absolute Gasteiger partial charge is 0.398 e. The Bertz CT molecular complexity index is 160. The lowest BCUT2D eigenvalue weighted by Gasteiger charge is -2.33. The first-order valence-corrected chi connectivity index (χ1v) is 11.3. The van der Waals surface area contributed by atoms with Crippen molar-refractivity contribution in [1.29, 1.82) is 0 Å². The van der Waals surface area contributed by atoms with Gasteiger partial charge in [0.2, 0.25) is 0 Å². The molecular formula is C10H26O2Si2. The first-order chi connectivity index (χ1) is 6.24. The van der Waals surface area contributed by atoms with Gasteiger partial charge in [0.1, 0.15) is 0 Å². The predicted octanol–water partition coefficient (Wildman–Crippen LogP) is 3.25. The third-order valence-corrected chi connectivity index (χ3v) is 11.6. The molecule has 4 heteroatoms. The van der Waals surface area contributed by atoms with E-state index in [1.165, 1.54) is 5.67 Å². The lowest BCUT2D eigenvalue weighted by molar-refractivity contribution is 0.241. The van der Waals surface area contributed by atoms with Crippen LogP contribution in [0.2, 0.25) is 31.4 Å². The predicted molar refractivity (Wildman–Crippen MR) is 67.6 cm³/mol. The second kappa shape index (κ2) is 5.44. The molecule has 0 aromatic rings. The summed E-state index contributed by atoms with van der Waals surface area (Å²) in [6, 6.07) is 1.12. The van der Waals surface area contributed by atoms with Crippen molar-refractivity contribution in [3.05, 3.63) is 0 Å². The summed E-state index contributed by atoms with van der Waals surface area (Å²) in [6.45, 7) is 11.6. The summed E-state index contributed by atoms with van der Waals surface area (Å²) in [5.41, 5.74) is 1.20. The standard InChI is InChI=1S/C10H26O2Si2/c1-10(2)8-14(11-3,12-4)9-13(5,6)7/h10H,8-9H2,1-7H3. The van der Waals surface area contributed by atoms with Crippen LogP contribution in [0.15, 0.2) is 0 Å². The Morgan fingerprint density at radius 2 is 1.43 bits per heavy atom. The zero-order chi connectivity index (χ0) is 11.4. The van der Waals surface area contributed by atoms with Crippen molar-refractivity contribution in [2.24, 2.45) is 5.92 Å². The van der Waals surface area contributed by atoms with Gasteiger partial charge in [-0.15, -0.1) is 0 Å². The zero-order valence-electron chi connectivity index (χ0n) is 10.8. The zero-order valence-corrected chi connectivity index (χ0v) is 12.8. The molecule has 0 bridgehead atoms. The van der Waals surface area contributed by atoms with Crippen LogP contribution in [-0.2, 0) is 8.85 Å². The molecule has 0 aromatic carbocycles. The van der Waals surface area contributed by atoms with E-state index in [4.69, 9.17) is 8.85 Å². The van der Waals surface area contributed by atoms with Gasteiger partial charge in [-0.1, -0.05) is 33.5 Å². The summed E-state index contributed by atoms with van der Waals surface area (Å²) in [6.07, 6.45) is 0. The fraction of sp³-hybridized carbons (Fsp3) is 1.00. The highest BCUT2D eigenvalue weighted by molar-refractivity contribution is 6.90. The smallest absolute Gasteiger partial charge is 0.335 e. The van der Waals surface area contributed by atoms with Crippen molar-refractivity contribution < 1.29 is 8.85 Å². The van der Waals surface area contributed by atoms with Gasteiger partial charge < -0.3 is 8.85 Å². The minimum absolute atomic E-state index is 0.665. The maximum absolute atomic E-state index is 5.73. The molecule has 2 nitrogen and oxygen atoms in total. The Balaban J connectivity index is 4.53. The first kappa shape index (κ1) is 14.4. The van der Waals surface area contributed by atoms with Crippen LogP contribution in [0.5, 0.6) is 0 Å². The normalized spacial score (nSPS) is 13.7. The van der Waals surface area contributed by atoms with Crippen molar-refractivity contribution in [2.45, 2.75) is 45.2 Å². The maximum Gasteiger partial charge on any atom is 0.335 e. The van der Waals surface area contributed by atoms with Crippen molar-refractivity contribution in [2.75, 3.05) is 14.2 Å². The molecule has 0 amide bonds. The van der Waals surface area contributed by atoms with E-state index < -0.39 is 16.6 Å². The molecule has 0 N–H and O–H groups in total. The lowest BCUT2D eigenvalue weighted by atomic mass is 10.3. The molecule has 0 saturated carbocycles. The SMILES string of the molecule is CO[Si](CC(C)C)(C[Si](C)(C)C)OC. The van der Waals surface area contributed by atoms with Crippen LogP contribution >= 0.6 is 0 Å². The van der Waals surface area contributed by atoms with E-state index in [1.807, 2.05) is 14.2 Å². The van der Waals surface area contributed by atoms with E-state index in [-0.39, 0.29) is 0 Å². The molecule has 0 aromatic heterocycles.